The molecule has 6 N–H and O–H groups in total. The second-order valence-corrected chi connectivity index (χ2v) is 9.60. The number of hydrogen-bond donors (Lipinski definition) is 5. The Labute approximate surface area is 204 Å². The normalized spacial score (nSPS) is 31.4. The number of phenolic OH excluding ortho intramolecular Hbond substituents is 1. The number of nitrogens with two attached hydrogens (primary N) is 1. The molecular weight excluding hydrogens is 479 g/mol. The number of likely N-dealkylation sites (N-methyl/N-ethyl adjacent to an activating group) is 1. The van der Waals surface area contributed by atoms with E-state index in [1.54, 1.807) is 0 Å². The summed E-state index contributed by atoms with van der Waals surface area (Å²) in [5.74, 6) is -13.5. The molecule has 0 bridgehead atoms. The average molecular weight is 504 g/mol. The molecule has 13 heteroatoms. The molecular formula is C23H25FN4O8. The minimum atomic E-state index is -2.87. The molecule has 0 saturated heterocycles. The third-order valence-corrected chi connectivity index (χ3v) is 7.48. The van der Waals surface area contributed by atoms with E-state index in [1.165, 1.54) is 26.0 Å². The van der Waals surface area contributed by atoms with Crippen molar-refractivity contribution in [2.45, 2.75) is 24.5 Å². The summed E-state index contributed by atoms with van der Waals surface area (Å²) in [6.07, 6.45) is -0.409. The van der Waals surface area contributed by atoms with Crippen molar-refractivity contribution in [2.75, 3.05) is 26.5 Å². The van der Waals surface area contributed by atoms with Gasteiger partial charge in [-0.15, -0.1) is 0 Å². The highest BCUT2D eigenvalue weighted by atomic mass is 19.1. The Balaban J connectivity index is 1.85. The highest BCUT2D eigenvalue weighted by Gasteiger charge is 2.69. The number of carbonyl (C=O) groups is 6. The summed E-state index contributed by atoms with van der Waals surface area (Å²) in [5.41, 5.74) is 1.23. The minimum absolute atomic E-state index is 0.190. The van der Waals surface area contributed by atoms with Gasteiger partial charge in [0.25, 0.3) is 0 Å². The van der Waals surface area contributed by atoms with E-state index in [9.17, 15) is 39.0 Å². The lowest BCUT2D eigenvalue weighted by molar-refractivity contribution is -0.181. The number of nitrogens with one attached hydrogen (secondary N) is 2. The first kappa shape index (κ1) is 25.4. The van der Waals surface area contributed by atoms with Gasteiger partial charge in [0.15, 0.2) is 34.7 Å². The van der Waals surface area contributed by atoms with E-state index in [0.29, 0.717) is 0 Å². The molecule has 0 aromatic heterocycles. The molecule has 2 fully saturated rings. The molecule has 1 aromatic rings. The number of primary amides is 1. The number of ketones is 4. The number of carbonyl (C=O) groups excluding carboxylic acids is 6. The van der Waals surface area contributed by atoms with Crippen LogP contribution in [0, 0.1) is 29.5 Å². The molecule has 192 valence electrons. The number of halogens is 1. The van der Waals surface area contributed by atoms with Crippen LogP contribution in [-0.4, -0.2) is 83.0 Å². The number of Topliss-reactive ketones (excluding diaryl/α,β-unsaturated/α-hetero) is 4. The summed E-state index contributed by atoms with van der Waals surface area (Å²) in [6, 6.07) is -1.21. The van der Waals surface area contributed by atoms with E-state index in [-0.39, 0.29) is 18.4 Å². The van der Waals surface area contributed by atoms with E-state index in [2.05, 4.69) is 10.6 Å². The Bertz CT molecular complexity index is 1250. The first-order valence-electron chi connectivity index (χ1n) is 11.1. The van der Waals surface area contributed by atoms with Crippen LogP contribution in [0.15, 0.2) is 6.07 Å². The maximum atomic E-state index is 15.0. The van der Waals surface area contributed by atoms with Crippen LogP contribution in [0.3, 0.4) is 0 Å². The molecule has 36 heavy (non-hydrogen) atoms. The lowest BCUT2D eigenvalue weighted by atomic mass is 9.52. The quantitative estimate of drug-likeness (QED) is 0.247. The second kappa shape index (κ2) is 8.45. The zero-order valence-corrected chi connectivity index (χ0v) is 19.6. The Morgan fingerprint density at radius 2 is 1.83 bits per heavy atom. The fraction of sp³-hybridized carbons (Fsp3) is 0.478. The Hall–Kier alpha value is -3.71. The number of amides is 3. The van der Waals surface area contributed by atoms with Gasteiger partial charge in [-0.25, -0.2) is 9.18 Å². The maximum Gasteiger partial charge on any atom is 0.319 e. The zero-order chi connectivity index (χ0) is 26.9. The SMILES string of the molecule is CNC(=O)Nc1cc(F)c2c(c1O)C(=O)C1C(=O)[C@]3(O)C(=O)C(C(N)=O)C(=O)[C@@H](N(C)C)[C@@H]3C[C@@H]1C2. The smallest absolute Gasteiger partial charge is 0.319 e. The van der Waals surface area contributed by atoms with Crippen LogP contribution in [0.5, 0.6) is 5.75 Å². The number of aliphatic hydroxyl groups is 1. The van der Waals surface area contributed by atoms with Gasteiger partial charge in [-0.3, -0.25) is 28.9 Å². The van der Waals surface area contributed by atoms with E-state index >= 15 is 4.39 Å². The molecule has 0 spiro atoms. The molecule has 3 aliphatic rings. The molecule has 6 atom stereocenters. The van der Waals surface area contributed by atoms with Crippen molar-refractivity contribution in [2.24, 2.45) is 29.4 Å². The van der Waals surface area contributed by atoms with Gasteiger partial charge in [0.2, 0.25) is 5.91 Å². The molecule has 3 amide bonds. The van der Waals surface area contributed by atoms with Crippen LogP contribution in [-0.2, 0) is 25.6 Å². The van der Waals surface area contributed by atoms with Crippen molar-refractivity contribution in [1.29, 1.82) is 0 Å². The maximum absolute atomic E-state index is 15.0. The standard InChI is InChI=1S/C23H25FN4O8/c1-26-22(35)27-11-6-10(24)8-4-7-5-9-15(28(2)3)18(31)14(21(25)34)20(33)23(9,36)19(32)12(7)17(30)13(8)16(11)29/h6-7,9,12,14-15,29,36H,4-5H2,1-3H3,(H2,25,34)(H2,26,27,35)/t7-,9-,12?,14?,15-,23-/m0/s1. The molecule has 4 rings (SSSR count). The number of benzene rings is 1. The fourth-order valence-electron chi connectivity index (χ4n) is 5.91. The number of rotatable bonds is 3. The zero-order valence-electron chi connectivity index (χ0n) is 19.6. The number of urea groups is 1. The first-order chi connectivity index (χ1) is 16.8. The summed E-state index contributed by atoms with van der Waals surface area (Å²) in [7, 11) is 4.21. The van der Waals surface area contributed by atoms with E-state index in [0.717, 1.165) is 6.07 Å². The lowest BCUT2D eigenvalue weighted by Crippen LogP contribution is -2.74. The van der Waals surface area contributed by atoms with Crippen LogP contribution in [0.2, 0.25) is 0 Å². The van der Waals surface area contributed by atoms with Crippen LogP contribution >= 0.6 is 0 Å². The molecule has 1 aromatic carbocycles. The number of fused-ring (bicyclic) bond motifs is 3. The van der Waals surface area contributed by atoms with Gasteiger partial charge in [0.1, 0.15) is 11.6 Å². The van der Waals surface area contributed by atoms with Gasteiger partial charge >= 0.3 is 6.03 Å². The molecule has 12 nitrogen and oxygen atoms in total. The van der Waals surface area contributed by atoms with Crippen LogP contribution in [0.4, 0.5) is 14.9 Å². The van der Waals surface area contributed by atoms with Gasteiger partial charge in [-0.1, -0.05) is 0 Å². The van der Waals surface area contributed by atoms with E-state index < -0.39 is 93.2 Å². The molecule has 0 aliphatic heterocycles. The van der Waals surface area contributed by atoms with Crippen molar-refractivity contribution in [3.05, 3.63) is 23.0 Å². The monoisotopic (exact) mass is 504 g/mol. The number of nitrogens with zero attached hydrogens (tertiary/aromatic N) is 1. The average Bonchev–Trinajstić information content (AvgIpc) is 2.79. The van der Waals surface area contributed by atoms with E-state index in [4.69, 9.17) is 5.73 Å². The third-order valence-electron chi connectivity index (χ3n) is 7.48. The van der Waals surface area contributed by atoms with Crippen LogP contribution < -0.4 is 16.4 Å². The Morgan fingerprint density at radius 3 is 2.39 bits per heavy atom. The van der Waals surface area contributed by atoms with Crippen molar-refractivity contribution in [3.8, 4) is 5.75 Å². The number of aromatic hydroxyl groups is 1. The van der Waals surface area contributed by atoms with Gasteiger partial charge < -0.3 is 26.6 Å². The highest BCUT2D eigenvalue weighted by molar-refractivity contribution is 6.32. The first-order valence-corrected chi connectivity index (χ1v) is 11.1. The van der Waals surface area contributed by atoms with Crippen molar-refractivity contribution < 1.29 is 43.4 Å². The highest BCUT2D eigenvalue weighted by Crippen LogP contribution is 2.51. The number of hydrogen-bond acceptors (Lipinski definition) is 9. The summed E-state index contributed by atoms with van der Waals surface area (Å²) < 4.78 is 15.0. The predicted octanol–water partition coefficient (Wildman–Crippen LogP) is -1.24. The lowest BCUT2D eigenvalue weighted by Gasteiger charge is -2.52. The molecule has 0 radical (unpaired) electrons. The van der Waals surface area contributed by atoms with Gasteiger partial charge in [0, 0.05) is 24.6 Å². The van der Waals surface area contributed by atoms with Gasteiger partial charge in [0.05, 0.1) is 23.2 Å². The van der Waals surface area contributed by atoms with E-state index in [1.807, 2.05) is 0 Å². The minimum Gasteiger partial charge on any atom is -0.505 e. The third kappa shape index (κ3) is 3.33. The predicted molar refractivity (Wildman–Crippen MR) is 119 cm³/mol. The second-order valence-electron chi connectivity index (χ2n) is 9.60. The number of phenols is 1. The van der Waals surface area contributed by atoms with Gasteiger partial charge in [-0.2, -0.15) is 0 Å². The largest absolute Gasteiger partial charge is 0.505 e. The van der Waals surface area contributed by atoms with Crippen molar-refractivity contribution in [1.82, 2.24) is 10.2 Å². The Morgan fingerprint density at radius 1 is 1.19 bits per heavy atom. The topological polar surface area (TPSA) is 196 Å². The summed E-state index contributed by atoms with van der Waals surface area (Å²) in [6.45, 7) is 0. The number of anilines is 1. The summed E-state index contributed by atoms with van der Waals surface area (Å²) >= 11 is 0. The molecule has 0 heterocycles. The van der Waals surface area contributed by atoms with Gasteiger partial charge in [-0.05, 0) is 32.9 Å². The summed E-state index contributed by atoms with van der Waals surface area (Å²) in [4.78, 5) is 78.3. The van der Waals surface area contributed by atoms with Crippen molar-refractivity contribution >= 4 is 40.8 Å². The molecule has 2 unspecified atom stereocenters. The van der Waals surface area contributed by atoms with Crippen LogP contribution in [0.25, 0.3) is 0 Å². The molecule has 3 aliphatic carbocycles. The van der Waals surface area contributed by atoms with Crippen LogP contribution in [0.1, 0.15) is 22.3 Å². The summed E-state index contributed by atoms with van der Waals surface area (Å²) in [5, 5.41) is 26.6. The van der Waals surface area contributed by atoms with Crippen molar-refractivity contribution in [3.63, 3.8) is 0 Å². The fourth-order valence-corrected chi connectivity index (χ4v) is 5.91. The Kier molecular flexibility index (Phi) is 5.96. The molecule has 2 saturated carbocycles.